The fourth-order valence-electron chi connectivity index (χ4n) is 4.28. The van der Waals surface area contributed by atoms with Gasteiger partial charge in [0, 0.05) is 31.3 Å². The summed E-state index contributed by atoms with van der Waals surface area (Å²) in [6, 6.07) is 29.5. The van der Waals surface area contributed by atoms with Gasteiger partial charge in [0.25, 0.3) is 0 Å². The summed E-state index contributed by atoms with van der Waals surface area (Å²) in [5, 5.41) is 16.9. The molecule has 1 atom stereocenters. The number of hydrogen-bond donors (Lipinski definition) is 4. The number of para-hydroxylation sites is 1. The van der Waals surface area contributed by atoms with Gasteiger partial charge in [-0.25, -0.2) is 9.78 Å². The van der Waals surface area contributed by atoms with Crippen molar-refractivity contribution in [3.8, 4) is 5.75 Å². The fourth-order valence-corrected chi connectivity index (χ4v) is 4.28. The highest BCUT2D eigenvalue weighted by Crippen LogP contribution is 2.18. The Kier molecular flexibility index (Phi) is 13.2. The molecule has 0 bridgehead atoms. The third-order valence-electron chi connectivity index (χ3n) is 6.44. The topological polar surface area (TPSA) is 125 Å². The van der Waals surface area contributed by atoms with Gasteiger partial charge >= 0.3 is 12.1 Å². The van der Waals surface area contributed by atoms with Gasteiger partial charge in [-0.1, -0.05) is 78.9 Å². The van der Waals surface area contributed by atoms with Crippen LogP contribution < -0.4 is 20.7 Å². The van der Waals surface area contributed by atoms with Gasteiger partial charge in [-0.2, -0.15) is 18.2 Å². The first-order valence-corrected chi connectivity index (χ1v) is 14.2. The number of aliphatic carboxylic acids is 1. The number of anilines is 2. The number of carboxylic acids is 1. The number of hydrogen-bond acceptors (Lipinski definition) is 7. The molecule has 0 unspecified atom stereocenters. The van der Waals surface area contributed by atoms with Crippen LogP contribution in [0.4, 0.5) is 24.9 Å². The highest BCUT2D eigenvalue weighted by Gasteiger charge is 2.38. The van der Waals surface area contributed by atoms with Gasteiger partial charge in [-0.15, -0.1) is 0 Å². The Morgan fingerprint density at radius 2 is 1.47 bits per heavy atom. The molecule has 1 amide bonds. The lowest BCUT2D eigenvalue weighted by atomic mass is 10.0. The molecular formula is C33H36F3N5O4. The van der Waals surface area contributed by atoms with Crippen LogP contribution in [0.25, 0.3) is 0 Å². The molecule has 45 heavy (non-hydrogen) atoms. The molecule has 0 saturated carbocycles. The maximum atomic E-state index is 13.3. The molecule has 238 valence electrons. The summed E-state index contributed by atoms with van der Waals surface area (Å²) in [7, 11) is 1.68. The standard InChI is InChI=1S/C31H35N5O2.C2HF3O2/c1-23-21-29(36-31(34-23)33-20-18-26-15-9-10-16-28(26)38-2)35-27(22-25-13-7-4-8-14-25)30(37)32-19-17-24-11-5-3-6-12-24;3-2(4,5)1(6)7/h3-16,21,27H,17-20,22H2,1-2H3,(H,32,37)(H2,33,34,35,36);(H,6,7)/t27-;/m0./s1. The third-order valence-corrected chi connectivity index (χ3v) is 6.44. The Morgan fingerprint density at radius 1 is 0.867 bits per heavy atom. The quantitative estimate of drug-likeness (QED) is 0.155. The number of amides is 1. The summed E-state index contributed by atoms with van der Waals surface area (Å²) < 4.78 is 37.2. The number of benzene rings is 3. The first-order chi connectivity index (χ1) is 21.5. The normalized spacial score (nSPS) is 11.4. The Morgan fingerprint density at radius 3 is 2.09 bits per heavy atom. The van der Waals surface area contributed by atoms with Gasteiger partial charge in [0.15, 0.2) is 0 Å². The van der Waals surface area contributed by atoms with Crippen molar-refractivity contribution in [2.24, 2.45) is 0 Å². The lowest BCUT2D eigenvalue weighted by Gasteiger charge is -2.20. The van der Waals surface area contributed by atoms with E-state index in [4.69, 9.17) is 14.6 Å². The van der Waals surface area contributed by atoms with Crippen LogP contribution in [0.2, 0.25) is 0 Å². The molecule has 0 radical (unpaired) electrons. The van der Waals surface area contributed by atoms with Crippen LogP contribution in [0.15, 0.2) is 91.0 Å². The lowest BCUT2D eigenvalue weighted by Crippen LogP contribution is -2.42. The van der Waals surface area contributed by atoms with Crippen LogP contribution in [0.3, 0.4) is 0 Å². The predicted molar refractivity (Wildman–Crippen MR) is 166 cm³/mol. The van der Waals surface area contributed by atoms with E-state index >= 15 is 0 Å². The fraction of sp³-hybridized carbons (Fsp3) is 0.273. The average molecular weight is 624 g/mol. The molecule has 0 aliphatic carbocycles. The Balaban J connectivity index is 0.000000707. The Labute approximate surface area is 259 Å². The number of halogens is 3. The van der Waals surface area contributed by atoms with Crippen LogP contribution in [0, 0.1) is 6.92 Å². The van der Waals surface area contributed by atoms with Gasteiger partial charge in [0.05, 0.1) is 7.11 Å². The van der Waals surface area contributed by atoms with Gasteiger partial charge in [-0.05, 0) is 42.5 Å². The predicted octanol–water partition coefficient (Wildman–Crippen LogP) is 5.46. The summed E-state index contributed by atoms with van der Waals surface area (Å²) >= 11 is 0. The molecule has 4 aromatic rings. The van der Waals surface area contributed by atoms with Crippen molar-refractivity contribution in [1.82, 2.24) is 15.3 Å². The third kappa shape index (κ3) is 12.2. The summed E-state index contributed by atoms with van der Waals surface area (Å²) in [5.41, 5.74) is 4.19. The number of ether oxygens (including phenoxy) is 1. The van der Waals surface area contributed by atoms with E-state index in [0.29, 0.717) is 31.3 Å². The number of rotatable bonds is 13. The number of nitrogens with zero attached hydrogens (tertiary/aromatic N) is 2. The summed E-state index contributed by atoms with van der Waals surface area (Å²) in [6.45, 7) is 3.13. The monoisotopic (exact) mass is 623 g/mol. The van der Waals surface area contributed by atoms with Gasteiger partial charge in [0.1, 0.15) is 17.6 Å². The summed E-state index contributed by atoms with van der Waals surface area (Å²) in [4.78, 5) is 31.3. The van der Waals surface area contributed by atoms with E-state index in [1.807, 2.05) is 79.7 Å². The smallest absolute Gasteiger partial charge is 0.490 e. The second-order valence-corrected chi connectivity index (χ2v) is 9.92. The maximum absolute atomic E-state index is 13.3. The second kappa shape index (κ2) is 17.2. The number of carbonyl (C=O) groups is 2. The molecule has 9 nitrogen and oxygen atoms in total. The van der Waals surface area contributed by atoms with Crippen molar-refractivity contribution >= 4 is 23.6 Å². The number of carboxylic acid groups (broad SMARTS) is 1. The molecule has 4 rings (SSSR count). The number of aromatic nitrogens is 2. The molecule has 12 heteroatoms. The molecule has 3 aromatic carbocycles. The summed E-state index contributed by atoms with van der Waals surface area (Å²) in [6.07, 6.45) is -3.00. The van der Waals surface area contributed by atoms with E-state index < -0.39 is 18.2 Å². The van der Waals surface area contributed by atoms with Gasteiger partial charge in [0.2, 0.25) is 11.9 Å². The number of methoxy groups -OCH3 is 1. The number of nitrogens with one attached hydrogen (secondary N) is 3. The molecule has 0 aliphatic rings. The number of alkyl halides is 3. The van der Waals surface area contributed by atoms with Gasteiger partial charge < -0.3 is 25.8 Å². The Bertz CT molecular complexity index is 1510. The van der Waals surface area contributed by atoms with Crippen LogP contribution >= 0.6 is 0 Å². The van der Waals surface area contributed by atoms with Crippen LogP contribution in [-0.2, 0) is 28.9 Å². The SMILES string of the molecule is COc1ccccc1CCNc1nc(C)cc(N[C@@H](Cc2ccccc2)C(=O)NCCc2ccccc2)n1.O=C(O)C(F)(F)F. The van der Waals surface area contributed by atoms with Crippen LogP contribution in [-0.4, -0.2) is 59.4 Å². The van der Waals surface area contributed by atoms with Crippen molar-refractivity contribution in [3.63, 3.8) is 0 Å². The first kappa shape index (κ1) is 34.4. The minimum absolute atomic E-state index is 0.0632. The molecule has 1 heterocycles. The van der Waals surface area contributed by atoms with Crippen molar-refractivity contribution in [3.05, 3.63) is 113 Å². The maximum Gasteiger partial charge on any atom is 0.490 e. The zero-order valence-corrected chi connectivity index (χ0v) is 25.0. The molecule has 0 saturated heterocycles. The van der Waals surface area contributed by atoms with E-state index in [1.165, 1.54) is 5.56 Å². The van der Waals surface area contributed by atoms with Gasteiger partial charge in [-0.3, -0.25) is 4.79 Å². The van der Waals surface area contributed by atoms with E-state index in [1.54, 1.807) is 7.11 Å². The zero-order chi connectivity index (χ0) is 32.7. The second-order valence-electron chi connectivity index (χ2n) is 9.92. The number of aryl methyl sites for hydroxylation is 1. The summed E-state index contributed by atoms with van der Waals surface area (Å²) in [5.74, 6) is -0.829. The first-order valence-electron chi connectivity index (χ1n) is 14.2. The minimum Gasteiger partial charge on any atom is -0.496 e. The van der Waals surface area contributed by atoms with E-state index in [0.717, 1.165) is 35.4 Å². The highest BCUT2D eigenvalue weighted by atomic mass is 19.4. The molecule has 0 aliphatic heterocycles. The molecular weight excluding hydrogens is 587 g/mol. The van der Waals surface area contributed by atoms with Crippen molar-refractivity contribution < 1.29 is 32.6 Å². The van der Waals surface area contributed by atoms with E-state index in [2.05, 4.69) is 44.1 Å². The minimum atomic E-state index is -5.08. The van der Waals surface area contributed by atoms with Crippen LogP contribution in [0.5, 0.6) is 5.75 Å². The lowest BCUT2D eigenvalue weighted by molar-refractivity contribution is -0.192. The van der Waals surface area contributed by atoms with Crippen LogP contribution in [0.1, 0.15) is 22.4 Å². The number of carbonyl (C=O) groups excluding carboxylic acids is 1. The molecule has 4 N–H and O–H groups in total. The Hall–Kier alpha value is -5.13. The van der Waals surface area contributed by atoms with Crippen molar-refractivity contribution in [2.75, 3.05) is 30.8 Å². The van der Waals surface area contributed by atoms with Crippen molar-refractivity contribution in [2.45, 2.75) is 38.4 Å². The highest BCUT2D eigenvalue weighted by molar-refractivity contribution is 5.84. The molecule has 1 aromatic heterocycles. The average Bonchev–Trinajstić information content (AvgIpc) is 3.01. The largest absolute Gasteiger partial charge is 0.496 e. The molecule has 0 spiro atoms. The van der Waals surface area contributed by atoms with Crippen molar-refractivity contribution in [1.29, 1.82) is 0 Å². The zero-order valence-electron chi connectivity index (χ0n) is 25.0. The molecule has 0 fully saturated rings. The van der Waals surface area contributed by atoms with E-state index in [-0.39, 0.29) is 5.91 Å². The van der Waals surface area contributed by atoms with E-state index in [9.17, 15) is 18.0 Å².